The van der Waals surface area contributed by atoms with Gasteiger partial charge in [0.05, 0.1) is 0 Å². The molecular formula is C8H8B2. The van der Waals surface area contributed by atoms with E-state index in [1.165, 1.54) is 5.56 Å². The summed E-state index contributed by atoms with van der Waals surface area (Å²) in [6.07, 6.45) is 0. The Morgan fingerprint density at radius 1 is 1.10 bits per heavy atom. The molecule has 4 radical (unpaired) electrons. The molecule has 0 spiro atoms. The van der Waals surface area contributed by atoms with Crippen molar-refractivity contribution < 1.29 is 0 Å². The van der Waals surface area contributed by atoms with Crippen LogP contribution in [0.15, 0.2) is 12.1 Å². The predicted octanol–water partition coefficient (Wildman–Crippen LogP) is -0.109. The van der Waals surface area contributed by atoms with E-state index in [9.17, 15) is 0 Å². The fourth-order valence-corrected chi connectivity index (χ4v) is 0.858. The molecule has 0 fully saturated rings. The van der Waals surface area contributed by atoms with Gasteiger partial charge in [0.1, 0.15) is 15.7 Å². The zero-order chi connectivity index (χ0) is 7.72. The Morgan fingerprint density at radius 3 is 2.20 bits per heavy atom. The van der Waals surface area contributed by atoms with Gasteiger partial charge >= 0.3 is 0 Å². The van der Waals surface area contributed by atoms with E-state index in [0.29, 0.717) is 10.9 Å². The van der Waals surface area contributed by atoms with Crippen molar-refractivity contribution in [3.63, 3.8) is 0 Å². The van der Waals surface area contributed by atoms with Crippen LogP contribution in [-0.2, 0) is 0 Å². The molecule has 0 saturated carbocycles. The van der Waals surface area contributed by atoms with Crippen LogP contribution in [0.25, 0.3) is 0 Å². The largest absolute Gasteiger partial charge is 0.113 e. The van der Waals surface area contributed by atoms with E-state index in [1.807, 2.05) is 26.0 Å². The Bertz CT molecular complexity index is 227. The first-order valence-electron chi connectivity index (χ1n) is 3.24. The van der Waals surface area contributed by atoms with Gasteiger partial charge in [0.2, 0.25) is 0 Å². The van der Waals surface area contributed by atoms with Crippen molar-refractivity contribution in [1.29, 1.82) is 0 Å². The van der Waals surface area contributed by atoms with E-state index in [2.05, 4.69) is 0 Å². The maximum absolute atomic E-state index is 5.66. The predicted molar refractivity (Wildman–Crippen MR) is 46.7 cm³/mol. The lowest BCUT2D eigenvalue weighted by Crippen LogP contribution is -2.28. The van der Waals surface area contributed by atoms with Crippen LogP contribution in [0.4, 0.5) is 0 Å². The van der Waals surface area contributed by atoms with E-state index in [0.717, 1.165) is 5.56 Å². The maximum atomic E-state index is 5.66. The molecule has 0 aliphatic rings. The Balaban J connectivity index is 3.34. The van der Waals surface area contributed by atoms with Crippen molar-refractivity contribution in [1.82, 2.24) is 0 Å². The van der Waals surface area contributed by atoms with Gasteiger partial charge in [-0.25, -0.2) is 0 Å². The van der Waals surface area contributed by atoms with E-state index >= 15 is 0 Å². The summed E-state index contributed by atoms with van der Waals surface area (Å²) in [6.45, 7) is 3.99. The normalized spacial score (nSPS) is 9.80. The third kappa shape index (κ3) is 1.11. The fraction of sp³-hybridized carbons (Fsp3) is 0.250. The molecule has 0 aliphatic carbocycles. The van der Waals surface area contributed by atoms with E-state index in [4.69, 9.17) is 15.7 Å². The van der Waals surface area contributed by atoms with Crippen LogP contribution in [-0.4, -0.2) is 15.7 Å². The molecule has 0 atom stereocenters. The number of benzene rings is 1. The highest BCUT2D eigenvalue weighted by molar-refractivity contribution is 6.49. The number of aryl methyl sites for hydroxylation is 1. The quantitative estimate of drug-likeness (QED) is 0.425. The zero-order valence-electron chi connectivity index (χ0n) is 6.31. The van der Waals surface area contributed by atoms with Crippen LogP contribution in [0, 0.1) is 13.8 Å². The summed E-state index contributed by atoms with van der Waals surface area (Å²) in [5.74, 6) is 0. The van der Waals surface area contributed by atoms with E-state index in [1.54, 1.807) is 0 Å². The van der Waals surface area contributed by atoms with E-state index in [-0.39, 0.29) is 0 Å². The molecule has 1 aromatic rings. The third-order valence-corrected chi connectivity index (χ3v) is 1.82. The highest BCUT2D eigenvalue weighted by Crippen LogP contribution is 1.98. The third-order valence-electron chi connectivity index (χ3n) is 1.82. The Hall–Kier alpha value is -0.650. The minimum Gasteiger partial charge on any atom is -0.103 e. The standard InChI is InChI=1S/C8H8B2/c1-5-3-4-7(9)8(10)6(5)2/h3-4H,1-2H3. The maximum Gasteiger partial charge on any atom is 0.113 e. The zero-order valence-corrected chi connectivity index (χ0v) is 6.31. The van der Waals surface area contributed by atoms with Gasteiger partial charge in [0, 0.05) is 0 Å². The summed E-state index contributed by atoms with van der Waals surface area (Å²) >= 11 is 0. The van der Waals surface area contributed by atoms with Crippen molar-refractivity contribution in [2.24, 2.45) is 0 Å². The molecule has 0 saturated heterocycles. The molecule has 0 aromatic heterocycles. The van der Waals surface area contributed by atoms with Crippen molar-refractivity contribution in [3.05, 3.63) is 23.3 Å². The fourth-order valence-electron chi connectivity index (χ4n) is 0.858. The summed E-state index contributed by atoms with van der Waals surface area (Å²) in [5, 5.41) is 0. The second-order valence-corrected chi connectivity index (χ2v) is 2.51. The van der Waals surface area contributed by atoms with Crippen LogP contribution >= 0.6 is 0 Å². The molecule has 2 heteroatoms. The van der Waals surface area contributed by atoms with Crippen molar-refractivity contribution in [2.75, 3.05) is 0 Å². The van der Waals surface area contributed by atoms with Crippen LogP contribution in [0.3, 0.4) is 0 Å². The molecule has 46 valence electrons. The first kappa shape index (κ1) is 7.46. The van der Waals surface area contributed by atoms with Crippen molar-refractivity contribution >= 4 is 26.6 Å². The highest BCUT2D eigenvalue weighted by atomic mass is 14.0. The molecule has 0 bridgehead atoms. The second-order valence-electron chi connectivity index (χ2n) is 2.51. The lowest BCUT2D eigenvalue weighted by Gasteiger charge is -2.07. The van der Waals surface area contributed by atoms with Gasteiger partial charge in [0.15, 0.2) is 0 Å². The average molecular weight is 126 g/mol. The van der Waals surface area contributed by atoms with Crippen molar-refractivity contribution in [2.45, 2.75) is 13.8 Å². The molecule has 0 unspecified atom stereocenters. The molecule has 0 N–H and O–H groups in total. The first-order valence-corrected chi connectivity index (χ1v) is 3.24. The monoisotopic (exact) mass is 126 g/mol. The number of hydrogen-bond donors (Lipinski definition) is 0. The molecule has 0 heterocycles. The van der Waals surface area contributed by atoms with Gasteiger partial charge in [0.25, 0.3) is 0 Å². The minimum atomic E-state index is 0.670. The second kappa shape index (κ2) is 2.53. The van der Waals surface area contributed by atoms with Crippen molar-refractivity contribution in [3.8, 4) is 0 Å². The molecule has 1 rings (SSSR count). The summed E-state index contributed by atoms with van der Waals surface area (Å²) in [4.78, 5) is 0. The summed E-state index contributed by atoms with van der Waals surface area (Å²) < 4.78 is 0. The van der Waals surface area contributed by atoms with Crippen LogP contribution < -0.4 is 10.9 Å². The minimum absolute atomic E-state index is 0.670. The lowest BCUT2D eigenvalue weighted by molar-refractivity contribution is 1.38. The SMILES string of the molecule is [B]c1ccc(C)c(C)c1[B]. The van der Waals surface area contributed by atoms with Gasteiger partial charge in [-0.05, 0) is 19.4 Å². The summed E-state index contributed by atoms with van der Waals surface area (Å²) in [7, 11) is 11.2. The van der Waals surface area contributed by atoms with Crippen LogP contribution in [0.5, 0.6) is 0 Å². The Labute approximate surface area is 64.5 Å². The van der Waals surface area contributed by atoms with Gasteiger partial charge in [-0.1, -0.05) is 17.7 Å². The van der Waals surface area contributed by atoms with E-state index < -0.39 is 0 Å². The van der Waals surface area contributed by atoms with Gasteiger partial charge in [-0.3, -0.25) is 0 Å². The Kier molecular flexibility index (Phi) is 1.89. The van der Waals surface area contributed by atoms with Crippen LogP contribution in [0.1, 0.15) is 11.1 Å². The summed E-state index contributed by atoms with van der Waals surface area (Å²) in [6, 6.07) is 3.80. The van der Waals surface area contributed by atoms with Gasteiger partial charge < -0.3 is 0 Å². The molecule has 0 aliphatic heterocycles. The number of hydrogen-bond acceptors (Lipinski definition) is 0. The number of rotatable bonds is 0. The van der Waals surface area contributed by atoms with Gasteiger partial charge in [-0.2, -0.15) is 0 Å². The first-order chi connectivity index (χ1) is 4.63. The van der Waals surface area contributed by atoms with Gasteiger partial charge in [-0.15, -0.1) is 10.9 Å². The van der Waals surface area contributed by atoms with Crippen LogP contribution in [0.2, 0.25) is 0 Å². The molecular weight excluding hydrogens is 118 g/mol. The Morgan fingerprint density at radius 2 is 1.70 bits per heavy atom. The average Bonchev–Trinajstić information content (AvgIpc) is 1.93. The topological polar surface area (TPSA) is 0 Å². The highest BCUT2D eigenvalue weighted by Gasteiger charge is 1.96. The molecule has 10 heavy (non-hydrogen) atoms. The smallest absolute Gasteiger partial charge is 0.103 e. The molecule has 0 nitrogen and oxygen atoms in total. The summed E-state index contributed by atoms with van der Waals surface area (Å²) in [5.41, 5.74) is 3.65. The molecule has 0 amide bonds. The molecule has 1 aromatic carbocycles. The lowest BCUT2D eigenvalue weighted by atomic mass is 9.77.